The van der Waals surface area contributed by atoms with E-state index in [1.54, 1.807) is 19.1 Å². The largest absolute Gasteiger partial charge is 0.573 e. The maximum atomic E-state index is 12.4. The van der Waals surface area contributed by atoms with E-state index in [0.29, 0.717) is 11.6 Å². The summed E-state index contributed by atoms with van der Waals surface area (Å²) in [6, 6.07) is 2.68. The fraction of sp³-hybridized carbons (Fsp3) is 0.357. The Morgan fingerprint density at radius 1 is 1.14 bits per heavy atom. The van der Waals surface area contributed by atoms with Crippen LogP contribution in [-0.2, 0) is 4.79 Å². The van der Waals surface area contributed by atoms with Crippen molar-refractivity contribution in [2.45, 2.75) is 60.2 Å². The number of aromatic carboxylic acids is 1. The number of halogens is 3. The molecule has 0 unspecified atom stereocenters. The van der Waals surface area contributed by atoms with E-state index in [-0.39, 0.29) is 11.1 Å². The first-order valence-electron chi connectivity index (χ1n) is 11.5. The first-order valence-corrected chi connectivity index (χ1v) is 11.5. The third-order valence-electron chi connectivity index (χ3n) is 5.85. The number of alkyl halides is 3. The smallest absolute Gasteiger partial charge is 0.478 e. The van der Waals surface area contributed by atoms with Crippen LogP contribution in [0.1, 0.15) is 64.2 Å². The van der Waals surface area contributed by atoms with Crippen molar-refractivity contribution < 1.29 is 32.6 Å². The summed E-state index contributed by atoms with van der Waals surface area (Å²) in [4.78, 5) is 23.7. The van der Waals surface area contributed by atoms with Gasteiger partial charge in [-0.25, -0.2) is 4.79 Å². The molecule has 0 spiro atoms. The molecule has 1 aromatic carbocycles. The highest BCUT2D eigenvalue weighted by Crippen LogP contribution is 2.40. The molecule has 0 fully saturated rings. The number of anilines is 1. The van der Waals surface area contributed by atoms with Crippen molar-refractivity contribution >= 4 is 17.6 Å². The Kier molecular flexibility index (Phi) is 9.50. The summed E-state index contributed by atoms with van der Waals surface area (Å²) >= 11 is 0. The molecule has 0 atom stereocenters. The average molecular weight is 504 g/mol. The van der Waals surface area contributed by atoms with E-state index in [4.69, 9.17) is 0 Å². The summed E-state index contributed by atoms with van der Waals surface area (Å²) in [5.74, 6) is -2.82. The Labute approximate surface area is 209 Å². The molecule has 36 heavy (non-hydrogen) atoms. The standard InChI is InChI=1S/C28H32F3NO4/c1-18(11-13-23-20(3)10-7-15-27(23,4)5)8-6-9-19(2)16-25(33)32-24-14-12-21(36-28(29,30)31)17-22(24)26(34)35/h6,8-9,11-14,16-17H,7,10,15H2,1-5H3,(H,32,33)(H,34,35)/b9-6+,13-11+,18-8+,19-16+. The molecule has 194 valence electrons. The number of allylic oxidation sites excluding steroid dienone is 9. The number of nitrogens with one attached hydrogen (secondary N) is 1. The summed E-state index contributed by atoms with van der Waals surface area (Å²) in [5.41, 5.74) is 3.92. The van der Waals surface area contributed by atoms with Crippen molar-refractivity contribution in [1.82, 2.24) is 0 Å². The lowest BCUT2D eigenvalue weighted by molar-refractivity contribution is -0.274. The lowest BCUT2D eigenvalue weighted by Gasteiger charge is -2.32. The number of hydrogen-bond donors (Lipinski definition) is 2. The van der Waals surface area contributed by atoms with Crippen LogP contribution in [-0.4, -0.2) is 23.3 Å². The Balaban J connectivity index is 2.06. The summed E-state index contributed by atoms with van der Waals surface area (Å²) in [5, 5.41) is 11.7. The topological polar surface area (TPSA) is 75.6 Å². The monoisotopic (exact) mass is 503 g/mol. The molecular formula is C28H32F3NO4. The van der Waals surface area contributed by atoms with Gasteiger partial charge in [0.15, 0.2) is 0 Å². The molecule has 0 bridgehead atoms. The fourth-order valence-electron chi connectivity index (χ4n) is 4.06. The van der Waals surface area contributed by atoms with Gasteiger partial charge in [0.25, 0.3) is 0 Å². The Hall–Kier alpha value is -3.55. The van der Waals surface area contributed by atoms with Crippen LogP contribution in [0.5, 0.6) is 5.75 Å². The molecule has 1 aromatic rings. The highest BCUT2D eigenvalue weighted by atomic mass is 19.4. The van der Waals surface area contributed by atoms with Crippen LogP contribution in [0.2, 0.25) is 0 Å². The van der Waals surface area contributed by atoms with Crippen LogP contribution in [0.25, 0.3) is 0 Å². The normalized spacial score (nSPS) is 17.1. The maximum Gasteiger partial charge on any atom is 0.573 e. The molecule has 5 nitrogen and oxygen atoms in total. The van der Waals surface area contributed by atoms with Crippen molar-refractivity contribution in [3.63, 3.8) is 0 Å². The molecule has 8 heteroatoms. The maximum absolute atomic E-state index is 12.4. The van der Waals surface area contributed by atoms with E-state index < -0.39 is 29.6 Å². The molecule has 0 saturated heterocycles. The summed E-state index contributed by atoms with van der Waals surface area (Å²) in [6.45, 7) is 10.4. The van der Waals surface area contributed by atoms with E-state index >= 15 is 0 Å². The molecule has 1 amide bonds. The van der Waals surface area contributed by atoms with Gasteiger partial charge >= 0.3 is 12.3 Å². The zero-order valence-corrected chi connectivity index (χ0v) is 21.1. The third kappa shape index (κ3) is 8.91. The third-order valence-corrected chi connectivity index (χ3v) is 5.85. The molecule has 1 aliphatic carbocycles. The summed E-state index contributed by atoms with van der Waals surface area (Å²) in [7, 11) is 0. The van der Waals surface area contributed by atoms with E-state index in [2.05, 4.69) is 43.0 Å². The number of benzene rings is 1. The number of carboxylic acid groups (broad SMARTS) is 1. The number of ether oxygens (including phenoxy) is 1. The number of carbonyl (C=O) groups excluding carboxylic acids is 1. The predicted molar refractivity (Wildman–Crippen MR) is 135 cm³/mol. The zero-order valence-electron chi connectivity index (χ0n) is 21.1. The molecule has 0 aromatic heterocycles. The van der Waals surface area contributed by atoms with Crippen LogP contribution in [0.4, 0.5) is 18.9 Å². The van der Waals surface area contributed by atoms with E-state index in [1.807, 2.05) is 13.0 Å². The van der Waals surface area contributed by atoms with Gasteiger partial charge in [-0.15, -0.1) is 13.2 Å². The van der Waals surface area contributed by atoms with Gasteiger partial charge in [-0.1, -0.05) is 55.4 Å². The lowest BCUT2D eigenvalue weighted by Crippen LogP contribution is -2.19. The van der Waals surface area contributed by atoms with Gasteiger partial charge in [-0.3, -0.25) is 4.79 Å². The van der Waals surface area contributed by atoms with Gasteiger partial charge in [-0.2, -0.15) is 0 Å². The summed E-state index contributed by atoms with van der Waals surface area (Å²) in [6.07, 6.45) is 9.49. The lowest BCUT2D eigenvalue weighted by atomic mass is 9.72. The van der Waals surface area contributed by atoms with Gasteiger partial charge in [0.2, 0.25) is 5.91 Å². The molecule has 0 radical (unpaired) electrons. The number of hydrogen-bond acceptors (Lipinski definition) is 3. The Morgan fingerprint density at radius 3 is 2.44 bits per heavy atom. The first-order chi connectivity index (χ1) is 16.7. The Morgan fingerprint density at radius 2 is 1.83 bits per heavy atom. The van der Waals surface area contributed by atoms with Crippen molar-refractivity contribution in [1.29, 1.82) is 0 Å². The Bertz CT molecular complexity index is 1150. The predicted octanol–water partition coefficient (Wildman–Crippen LogP) is 7.75. The highest BCUT2D eigenvalue weighted by Gasteiger charge is 2.31. The molecule has 2 rings (SSSR count). The van der Waals surface area contributed by atoms with Crippen LogP contribution >= 0.6 is 0 Å². The van der Waals surface area contributed by atoms with Crippen molar-refractivity contribution in [2.75, 3.05) is 5.32 Å². The van der Waals surface area contributed by atoms with E-state index in [1.165, 1.54) is 23.6 Å². The molecule has 1 aliphatic rings. The van der Waals surface area contributed by atoms with Crippen LogP contribution < -0.4 is 10.1 Å². The number of amides is 1. The second-order valence-corrected chi connectivity index (χ2v) is 9.47. The van der Waals surface area contributed by atoms with Crippen LogP contribution in [0.3, 0.4) is 0 Å². The SMILES string of the molecule is CC1=C(/C=C/C(C)=C/C=C/C(C)=C/C(=O)Nc2ccc(OC(F)(F)F)cc2C(=O)O)C(C)(C)CCC1. The molecule has 0 saturated carbocycles. The molecular weight excluding hydrogens is 471 g/mol. The molecule has 2 N–H and O–H groups in total. The van der Waals surface area contributed by atoms with Crippen molar-refractivity contribution in [3.8, 4) is 5.75 Å². The highest BCUT2D eigenvalue weighted by molar-refractivity contribution is 6.05. The minimum atomic E-state index is -4.96. The van der Waals surface area contributed by atoms with Gasteiger partial charge in [0.05, 0.1) is 11.3 Å². The number of carboxylic acids is 1. The quantitative estimate of drug-likeness (QED) is 0.281. The van der Waals surface area contributed by atoms with E-state index in [0.717, 1.165) is 30.5 Å². The second kappa shape index (κ2) is 11.9. The molecule has 0 heterocycles. The van der Waals surface area contributed by atoms with Gasteiger partial charge in [0, 0.05) is 6.08 Å². The average Bonchev–Trinajstić information content (AvgIpc) is 2.72. The van der Waals surface area contributed by atoms with Crippen molar-refractivity contribution in [2.24, 2.45) is 5.41 Å². The van der Waals surface area contributed by atoms with Crippen LogP contribution in [0.15, 0.2) is 76.9 Å². The first kappa shape index (κ1) is 28.7. The van der Waals surface area contributed by atoms with Gasteiger partial charge < -0.3 is 15.2 Å². The minimum Gasteiger partial charge on any atom is -0.478 e. The second-order valence-electron chi connectivity index (χ2n) is 9.47. The van der Waals surface area contributed by atoms with Gasteiger partial charge in [-0.05, 0) is 74.8 Å². The minimum absolute atomic E-state index is 0.147. The van der Waals surface area contributed by atoms with E-state index in [9.17, 15) is 27.9 Å². The summed E-state index contributed by atoms with van der Waals surface area (Å²) < 4.78 is 40.9. The fourth-order valence-corrected chi connectivity index (χ4v) is 4.06. The molecule has 0 aliphatic heterocycles. The van der Waals surface area contributed by atoms with Crippen LogP contribution in [0, 0.1) is 5.41 Å². The number of carbonyl (C=O) groups is 2. The number of rotatable bonds is 8. The van der Waals surface area contributed by atoms with Crippen molar-refractivity contribution in [3.05, 3.63) is 82.5 Å². The van der Waals surface area contributed by atoms with Gasteiger partial charge in [0.1, 0.15) is 5.75 Å². The zero-order chi connectivity index (χ0) is 27.1.